The lowest BCUT2D eigenvalue weighted by atomic mass is 10.1. The van der Waals surface area contributed by atoms with E-state index in [9.17, 15) is 9.59 Å². The lowest BCUT2D eigenvalue weighted by molar-refractivity contribution is -0.140. The molecule has 2 aromatic rings. The zero-order chi connectivity index (χ0) is 21.4. The van der Waals surface area contributed by atoms with E-state index in [1.165, 1.54) is 5.56 Å². The van der Waals surface area contributed by atoms with Crippen LogP contribution in [0.5, 0.6) is 0 Å². The van der Waals surface area contributed by atoms with Crippen molar-refractivity contribution in [1.29, 1.82) is 0 Å². The highest BCUT2D eigenvalue weighted by atomic mass is 35.5. The third-order valence-corrected chi connectivity index (χ3v) is 6.33. The van der Waals surface area contributed by atoms with Gasteiger partial charge in [0, 0.05) is 30.7 Å². The number of thioether (sulfide) groups is 1. The fourth-order valence-corrected chi connectivity index (χ4v) is 4.12. The predicted octanol–water partition coefficient (Wildman–Crippen LogP) is 5.34. The summed E-state index contributed by atoms with van der Waals surface area (Å²) >= 11 is 13.8. The SMILES string of the molecule is CCC(C(=O)NC)N(Cc1ccc(Cl)c(Cl)c1)C(=O)CCSc1ccc(C)cc1. The Morgan fingerprint density at radius 1 is 1.10 bits per heavy atom. The minimum Gasteiger partial charge on any atom is -0.357 e. The quantitative estimate of drug-likeness (QED) is 0.522. The summed E-state index contributed by atoms with van der Waals surface area (Å²) < 4.78 is 0. The number of halogens is 2. The average molecular weight is 453 g/mol. The van der Waals surface area contributed by atoms with Gasteiger partial charge in [0.05, 0.1) is 10.0 Å². The van der Waals surface area contributed by atoms with Crippen LogP contribution in [0, 0.1) is 6.92 Å². The van der Waals surface area contributed by atoms with Gasteiger partial charge in [0.2, 0.25) is 11.8 Å². The molecule has 0 spiro atoms. The minimum atomic E-state index is -0.536. The second-order valence-electron chi connectivity index (χ2n) is 6.72. The second kappa shape index (κ2) is 11.5. The largest absolute Gasteiger partial charge is 0.357 e. The molecule has 4 nitrogen and oxygen atoms in total. The molecule has 0 bridgehead atoms. The molecule has 2 amide bonds. The molecule has 1 N–H and O–H groups in total. The lowest BCUT2D eigenvalue weighted by Gasteiger charge is -2.30. The molecule has 1 atom stereocenters. The first-order chi connectivity index (χ1) is 13.8. The number of nitrogens with one attached hydrogen (secondary N) is 1. The van der Waals surface area contributed by atoms with Gasteiger partial charge in [-0.25, -0.2) is 0 Å². The lowest BCUT2D eigenvalue weighted by Crippen LogP contribution is -2.48. The molecule has 0 fully saturated rings. The van der Waals surface area contributed by atoms with E-state index in [-0.39, 0.29) is 11.8 Å². The van der Waals surface area contributed by atoms with Crippen molar-refractivity contribution in [3.05, 3.63) is 63.6 Å². The van der Waals surface area contributed by atoms with Crippen molar-refractivity contribution in [1.82, 2.24) is 10.2 Å². The van der Waals surface area contributed by atoms with Crippen molar-refractivity contribution in [2.45, 2.75) is 44.2 Å². The Morgan fingerprint density at radius 2 is 1.79 bits per heavy atom. The van der Waals surface area contributed by atoms with E-state index in [4.69, 9.17) is 23.2 Å². The normalized spacial score (nSPS) is 11.8. The molecule has 2 aromatic carbocycles. The molecule has 7 heteroatoms. The number of benzene rings is 2. The molecular weight excluding hydrogens is 427 g/mol. The zero-order valence-corrected chi connectivity index (χ0v) is 19.2. The Balaban J connectivity index is 2.11. The van der Waals surface area contributed by atoms with Gasteiger partial charge in [0.1, 0.15) is 6.04 Å². The van der Waals surface area contributed by atoms with Crippen molar-refractivity contribution in [2.24, 2.45) is 0 Å². The van der Waals surface area contributed by atoms with Gasteiger partial charge in [-0.15, -0.1) is 11.8 Å². The number of nitrogens with zero attached hydrogens (tertiary/aromatic N) is 1. The third-order valence-electron chi connectivity index (χ3n) is 4.57. The number of hydrogen-bond donors (Lipinski definition) is 1. The van der Waals surface area contributed by atoms with Gasteiger partial charge in [-0.05, 0) is 43.2 Å². The van der Waals surface area contributed by atoms with Crippen LogP contribution in [0.4, 0.5) is 0 Å². The van der Waals surface area contributed by atoms with E-state index in [0.717, 1.165) is 10.5 Å². The van der Waals surface area contributed by atoms with Gasteiger partial charge in [0.25, 0.3) is 0 Å². The predicted molar refractivity (Wildman–Crippen MR) is 122 cm³/mol. The van der Waals surface area contributed by atoms with Gasteiger partial charge in [0.15, 0.2) is 0 Å². The van der Waals surface area contributed by atoms with E-state index in [2.05, 4.69) is 29.6 Å². The molecule has 0 saturated heterocycles. The minimum absolute atomic E-state index is 0.0638. The smallest absolute Gasteiger partial charge is 0.242 e. The molecule has 0 heterocycles. The topological polar surface area (TPSA) is 49.4 Å². The first-order valence-electron chi connectivity index (χ1n) is 9.50. The maximum Gasteiger partial charge on any atom is 0.242 e. The van der Waals surface area contributed by atoms with E-state index >= 15 is 0 Å². The van der Waals surface area contributed by atoms with Crippen molar-refractivity contribution in [3.8, 4) is 0 Å². The van der Waals surface area contributed by atoms with Crippen LogP contribution < -0.4 is 5.32 Å². The number of amides is 2. The zero-order valence-electron chi connectivity index (χ0n) is 16.9. The number of rotatable bonds is 9. The number of aryl methyl sites for hydroxylation is 1. The Hall–Kier alpha value is -1.69. The van der Waals surface area contributed by atoms with Crippen molar-refractivity contribution in [3.63, 3.8) is 0 Å². The third kappa shape index (κ3) is 6.95. The Kier molecular flexibility index (Phi) is 9.34. The maximum atomic E-state index is 13.0. The standard InChI is InChI=1S/C22H26Cl2N2O2S/c1-4-20(22(28)25-3)26(14-16-7-10-18(23)19(24)13-16)21(27)11-12-29-17-8-5-15(2)6-9-17/h5-10,13,20H,4,11-12,14H2,1-3H3,(H,25,28). The van der Waals surface area contributed by atoms with E-state index in [0.29, 0.717) is 35.2 Å². The molecule has 0 aliphatic heterocycles. The molecular formula is C22H26Cl2N2O2S. The van der Waals surface area contributed by atoms with Crippen LogP contribution in [0.2, 0.25) is 10.0 Å². The van der Waals surface area contributed by atoms with E-state index in [1.807, 2.05) is 19.9 Å². The summed E-state index contributed by atoms with van der Waals surface area (Å²) in [6.45, 7) is 4.25. The fraction of sp³-hybridized carbons (Fsp3) is 0.364. The molecule has 29 heavy (non-hydrogen) atoms. The number of carbonyl (C=O) groups is 2. The summed E-state index contributed by atoms with van der Waals surface area (Å²) in [6, 6.07) is 12.9. The van der Waals surface area contributed by atoms with Gasteiger partial charge < -0.3 is 10.2 Å². The van der Waals surface area contributed by atoms with Crippen LogP contribution in [0.15, 0.2) is 47.4 Å². The molecule has 156 valence electrons. The summed E-state index contributed by atoms with van der Waals surface area (Å²) in [6.07, 6.45) is 0.866. The molecule has 0 aliphatic rings. The number of carbonyl (C=O) groups excluding carboxylic acids is 2. The molecule has 0 aromatic heterocycles. The van der Waals surface area contributed by atoms with Crippen molar-refractivity contribution in [2.75, 3.05) is 12.8 Å². The highest BCUT2D eigenvalue weighted by Crippen LogP contribution is 2.25. The highest BCUT2D eigenvalue weighted by molar-refractivity contribution is 7.99. The Bertz CT molecular complexity index is 843. The van der Waals surface area contributed by atoms with Crippen LogP contribution >= 0.6 is 35.0 Å². The fourth-order valence-electron chi connectivity index (χ4n) is 2.96. The van der Waals surface area contributed by atoms with Crippen molar-refractivity contribution < 1.29 is 9.59 Å². The first kappa shape index (κ1) is 23.6. The molecule has 1 unspecified atom stereocenters. The second-order valence-corrected chi connectivity index (χ2v) is 8.70. The Labute approximate surface area is 187 Å². The number of hydrogen-bond acceptors (Lipinski definition) is 3. The molecule has 0 saturated carbocycles. The monoisotopic (exact) mass is 452 g/mol. The van der Waals surface area contributed by atoms with E-state index < -0.39 is 6.04 Å². The number of likely N-dealkylation sites (N-methyl/N-ethyl adjacent to an activating group) is 1. The van der Waals surface area contributed by atoms with Crippen LogP contribution in [0.3, 0.4) is 0 Å². The van der Waals surface area contributed by atoms with E-state index in [1.54, 1.807) is 35.8 Å². The summed E-state index contributed by atoms with van der Waals surface area (Å²) in [5.74, 6) is 0.405. The molecule has 0 aliphatic carbocycles. The average Bonchev–Trinajstić information content (AvgIpc) is 2.71. The summed E-state index contributed by atoms with van der Waals surface area (Å²) in [7, 11) is 1.58. The first-order valence-corrected chi connectivity index (χ1v) is 11.2. The summed E-state index contributed by atoms with van der Waals surface area (Å²) in [5, 5.41) is 3.55. The van der Waals surface area contributed by atoms with Crippen molar-refractivity contribution >= 4 is 46.8 Å². The van der Waals surface area contributed by atoms with Gasteiger partial charge in [-0.3, -0.25) is 9.59 Å². The highest BCUT2D eigenvalue weighted by Gasteiger charge is 2.27. The molecule has 0 radical (unpaired) electrons. The van der Waals surface area contributed by atoms with Crippen LogP contribution in [-0.4, -0.2) is 35.6 Å². The summed E-state index contributed by atoms with van der Waals surface area (Å²) in [4.78, 5) is 28.2. The van der Waals surface area contributed by atoms with Gasteiger partial charge in [-0.2, -0.15) is 0 Å². The Morgan fingerprint density at radius 3 is 2.38 bits per heavy atom. The van der Waals surface area contributed by atoms with Gasteiger partial charge >= 0.3 is 0 Å². The molecule has 2 rings (SSSR count). The van der Waals surface area contributed by atoms with Crippen LogP contribution in [0.1, 0.15) is 30.9 Å². The van der Waals surface area contributed by atoms with Crippen LogP contribution in [-0.2, 0) is 16.1 Å². The summed E-state index contributed by atoms with van der Waals surface area (Å²) in [5.41, 5.74) is 2.04. The van der Waals surface area contributed by atoms with Gasteiger partial charge in [-0.1, -0.05) is 53.9 Å². The maximum absolute atomic E-state index is 13.0. The van der Waals surface area contributed by atoms with Crippen LogP contribution in [0.25, 0.3) is 0 Å².